The Morgan fingerprint density at radius 2 is 1.58 bits per heavy atom. The molecule has 0 amide bonds. The van der Waals surface area contributed by atoms with Gasteiger partial charge >= 0.3 is 0 Å². The van der Waals surface area contributed by atoms with Crippen LogP contribution in [0.4, 0.5) is 5.69 Å². The van der Waals surface area contributed by atoms with Crippen LogP contribution in [-0.4, -0.2) is 12.8 Å². The van der Waals surface area contributed by atoms with E-state index in [0.29, 0.717) is 0 Å². The highest BCUT2D eigenvalue weighted by Gasteiger charge is 1.96. The maximum Gasteiger partial charge on any atom is 0.119 e. The van der Waals surface area contributed by atoms with E-state index in [0.717, 1.165) is 36.4 Å². The Kier molecular flexibility index (Phi) is 8.09. The quantitative estimate of drug-likeness (QED) is 0.369. The number of aryl methyl sites for hydroxylation is 1. The van der Waals surface area contributed by atoms with Crippen molar-refractivity contribution in [2.24, 2.45) is 4.99 Å². The lowest BCUT2D eigenvalue weighted by molar-refractivity contribution is 0.305. The molecular formula is C22H29NO. The minimum absolute atomic E-state index is 0.798. The van der Waals surface area contributed by atoms with Crippen LogP contribution in [-0.2, 0) is 6.42 Å². The molecule has 24 heavy (non-hydrogen) atoms. The van der Waals surface area contributed by atoms with Crippen molar-refractivity contribution in [2.45, 2.75) is 52.4 Å². The molecule has 0 aliphatic rings. The average Bonchev–Trinajstić information content (AvgIpc) is 2.62. The monoisotopic (exact) mass is 323 g/mol. The summed E-state index contributed by atoms with van der Waals surface area (Å²) in [5, 5.41) is 0. The Hall–Kier alpha value is -2.09. The van der Waals surface area contributed by atoms with E-state index in [9.17, 15) is 0 Å². The smallest absolute Gasteiger partial charge is 0.119 e. The van der Waals surface area contributed by atoms with E-state index in [1.54, 1.807) is 0 Å². The van der Waals surface area contributed by atoms with E-state index in [4.69, 9.17) is 4.74 Å². The van der Waals surface area contributed by atoms with Gasteiger partial charge in [-0.2, -0.15) is 0 Å². The van der Waals surface area contributed by atoms with Crippen LogP contribution >= 0.6 is 0 Å². The summed E-state index contributed by atoms with van der Waals surface area (Å²) in [4.78, 5) is 4.53. The second-order valence-corrected chi connectivity index (χ2v) is 6.15. The molecule has 2 aromatic rings. The van der Waals surface area contributed by atoms with Gasteiger partial charge in [0.05, 0.1) is 12.3 Å². The van der Waals surface area contributed by atoms with Gasteiger partial charge in [-0.15, -0.1) is 0 Å². The lowest BCUT2D eigenvalue weighted by Crippen LogP contribution is -1.96. The molecule has 0 aromatic heterocycles. The molecule has 0 N–H and O–H groups in total. The second-order valence-electron chi connectivity index (χ2n) is 6.15. The minimum Gasteiger partial charge on any atom is -0.494 e. The lowest BCUT2D eigenvalue weighted by atomic mass is 10.1. The highest BCUT2D eigenvalue weighted by Crippen LogP contribution is 2.18. The highest BCUT2D eigenvalue weighted by molar-refractivity contribution is 5.81. The Morgan fingerprint density at radius 3 is 2.25 bits per heavy atom. The number of nitrogens with zero attached hydrogens (tertiary/aromatic N) is 1. The van der Waals surface area contributed by atoms with Crippen molar-refractivity contribution in [3.63, 3.8) is 0 Å². The van der Waals surface area contributed by atoms with Crippen molar-refractivity contribution in [3.05, 3.63) is 59.7 Å². The fraction of sp³-hybridized carbons (Fsp3) is 0.409. The summed E-state index contributed by atoms with van der Waals surface area (Å²) >= 11 is 0. The van der Waals surface area contributed by atoms with E-state index in [-0.39, 0.29) is 0 Å². The van der Waals surface area contributed by atoms with Gasteiger partial charge in [0.1, 0.15) is 5.75 Å². The number of aliphatic imine (C=N–C) groups is 1. The third-order valence-electron chi connectivity index (χ3n) is 3.98. The average molecular weight is 323 g/mol. The molecule has 0 radical (unpaired) electrons. The molecule has 0 heterocycles. The molecule has 0 fully saturated rings. The number of ether oxygens (including phenoxy) is 1. The van der Waals surface area contributed by atoms with Crippen LogP contribution in [0.3, 0.4) is 0 Å². The van der Waals surface area contributed by atoms with Gasteiger partial charge in [-0.05, 0) is 48.2 Å². The minimum atomic E-state index is 0.798. The van der Waals surface area contributed by atoms with Crippen molar-refractivity contribution in [2.75, 3.05) is 6.61 Å². The topological polar surface area (TPSA) is 21.6 Å². The molecule has 0 saturated carbocycles. The zero-order chi connectivity index (χ0) is 17.0. The summed E-state index contributed by atoms with van der Waals surface area (Å²) in [7, 11) is 0. The number of benzene rings is 2. The first-order valence-corrected chi connectivity index (χ1v) is 9.17. The fourth-order valence-corrected chi connectivity index (χ4v) is 2.56. The number of rotatable bonds is 10. The van der Waals surface area contributed by atoms with Crippen LogP contribution in [0.2, 0.25) is 0 Å². The van der Waals surface area contributed by atoms with Crippen molar-refractivity contribution < 1.29 is 4.74 Å². The standard InChI is InChI=1S/C22H29NO/c1-3-5-6-7-17-24-22-15-13-21(14-16-22)23-18-20-11-9-19(8-4-2)10-12-20/h9-16,18H,3-8,17H2,1-2H3. The molecule has 2 heteroatoms. The van der Waals surface area contributed by atoms with Crippen molar-refractivity contribution in [3.8, 4) is 5.75 Å². The highest BCUT2D eigenvalue weighted by atomic mass is 16.5. The zero-order valence-electron chi connectivity index (χ0n) is 15.0. The van der Waals surface area contributed by atoms with Crippen LogP contribution < -0.4 is 4.74 Å². The summed E-state index contributed by atoms with van der Waals surface area (Å²) in [6.07, 6.45) is 9.15. The first-order valence-electron chi connectivity index (χ1n) is 9.17. The van der Waals surface area contributed by atoms with Gasteiger partial charge in [0, 0.05) is 6.21 Å². The molecule has 128 valence electrons. The van der Waals surface area contributed by atoms with Gasteiger partial charge in [-0.1, -0.05) is 63.8 Å². The molecule has 0 bridgehead atoms. The van der Waals surface area contributed by atoms with Crippen molar-refractivity contribution >= 4 is 11.9 Å². The summed E-state index contributed by atoms with van der Waals surface area (Å²) in [5.41, 5.74) is 3.46. The first kappa shape index (κ1) is 18.3. The van der Waals surface area contributed by atoms with Gasteiger partial charge in [-0.3, -0.25) is 4.99 Å². The molecular weight excluding hydrogens is 294 g/mol. The normalized spacial score (nSPS) is 11.1. The van der Waals surface area contributed by atoms with Crippen LogP contribution in [0.15, 0.2) is 53.5 Å². The lowest BCUT2D eigenvalue weighted by Gasteiger charge is -2.05. The fourth-order valence-electron chi connectivity index (χ4n) is 2.56. The Balaban J connectivity index is 1.82. The molecule has 0 atom stereocenters. The third kappa shape index (κ3) is 6.57. The van der Waals surface area contributed by atoms with Crippen LogP contribution in [0.5, 0.6) is 5.75 Å². The van der Waals surface area contributed by atoms with E-state index in [2.05, 4.69) is 43.1 Å². The summed E-state index contributed by atoms with van der Waals surface area (Å²) in [6.45, 7) is 5.22. The Morgan fingerprint density at radius 1 is 0.833 bits per heavy atom. The molecule has 2 rings (SSSR count). The number of unbranched alkanes of at least 4 members (excludes halogenated alkanes) is 3. The third-order valence-corrected chi connectivity index (χ3v) is 3.98. The largest absolute Gasteiger partial charge is 0.494 e. The summed E-state index contributed by atoms with van der Waals surface area (Å²) in [6, 6.07) is 16.6. The zero-order valence-corrected chi connectivity index (χ0v) is 15.0. The van der Waals surface area contributed by atoms with E-state index < -0.39 is 0 Å². The van der Waals surface area contributed by atoms with E-state index in [1.165, 1.54) is 31.2 Å². The van der Waals surface area contributed by atoms with E-state index in [1.807, 2.05) is 30.5 Å². The molecule has 0 aliphatic carbocycles. The molecule has 0 unspecified atom stereocenters. The number of hydrogen-bond acceptors (Lipinski definition) is 2. The van der Waals surface area contributed by atoms with Gasteiger partial charge in [0.15, 0.2) is 0 Å². The SMILES string of the molecule is CCCCCCOc1ccc(N=Cc2ccc(CCC)cc2)cc1. The molecule has 0 saturated heterocycles. The molecule has 0 spiro atoms. The van der Waals surface area contributed by atoms with Gasteiger partial charge in [0.2, 0.25) is 0 Å². The van der Waals surface area contributed by atoms with Crippen LogP contribution in [0.25, 0.3) is 0 Å². The number of hydrogen-bond donors (Lipinski definition) is 0. The second kappa shape index (κ2) is 10.6. The van der Waals surface area contributed by atoms with Gasteiger partial charge < -0.3 is 4.74 Å². The van der Waals surface area contributed by atoms with Crippen LogP contribution in [0.1, 0.15) is 57.1 Å². The maximum atomic E-state index is 5.75. The van der Waals surface area contributed by atoms with Gasteiger partial charge in [0.25, 0.3) is 0 Å². The molecule has 0 aliphatic heterocycles. The molecule has 2 aromatic carbocycles. The predicted octanol–water partition coefficient (Wildman–Crippen LogP) is 6.35. The van der Waals surface area contributed by atoms with Crippen molar-refractivity contribution in [1.82, 2.24) is 0 Å². The summed E-state index contributed by atoms with van der Waals surface area (Å²) < 4.78 is 5.75. The predicted molar refractivity (Wildman–Crippen MR) is 104 cm³/mol. The Labute approximate surface area is 146 Å². The first-order chi connectivity index (χ1) is 11.8. The molecule has 2 nitrogen and oxygen atoms in total. The van der Waals surface area contributed by atoms with Crippen LogP contribution in [0, 0.1) is 0 Å². The van der Waals surface area contributed by atoms with Crippen molar-refractivity contribution in [1.29, 1.82) is 0 Å². The van der Waals surface area contributed by atoms with E-state index >= 15 is 0 Å². The summed E-state index contributed by atoms with van der Waals surface area (Å²) in [5.74, 6) is 0.925. The maximum absolute atomic E-state index is 5.75. The van der Waals surface area contributed by atoms with Gasteiger partial charge in [-0.25, -0.2) is 0 Å². The Bertz CT molecular complexity index is 599.